The van der Waals surface area contributed by atoms with E-state index in [4.69, 9.17) is 18.0 Å². The largest absolute Gasteiger partial charge is 0.389 e. The van der Waals surface area contributed by atoms with Gasteiger partial charge in [-0.3, -0.25) is 4.79 Å². The molecule has 0 spiro atoms. The molecular formula is C12H15N3O3S2. The van der Waals surface area contributed by atoms with Crippen molar-refractivity contribution in [1.82, 2.24) is 10.0 Å². The predicted octanol–water partition coefficient (Wildman–Crippen LogP) is -0.122. The van der Waals surface area contributed by atoms with Gasteiger partial charge in [0.25, 0.3) is 0 Å². The standard InChI is InChI=1S/C12H15N3O3S2/c13-12(19)9-3-1-2-4-10(9)20(17,18)14-7-11(16)15-8-5-6-8/h1-4,8,14H,5-7H2,(H2,13,19)(H,15,16). The van der Waals surface area contributed by atoms with Gasteiger partial charge >= 0.3 is 0 Å². The SMILES string of the molecule is NC(=S)c1ccccc1S(=O)(=O)NCC(=O)NC1CC1. The molecule has 2 rings (SSSR count). The first-order chi connectivity index (χ1) is 9.40. The smallest absolute Gasteiger partial charge is 0.241 e. The number of nitrogens with one attached hydrogen (secondary N) is 2. The second kappa shape index (κ2) is 5.86. The Morgan fingerprint density at radius 1 is 1.35 bits per heavy atom. The van der Waals surface area contributed by atoms with E-state index in [0.717, 1.165) is 12.8 Å². The summed E-state index contributed by atoms with van der Waals surface area (Å²) in [6, 6.07) is 6.33. The Kier molecular flexibility index (Phi) is 4.36. The first-order valence-corrected chi connectivity index (χ1v) is 7.97. The Balaban J connectivity index is 2.09. The quantitative estimate of drug-likeness (QED) is 0.636. The van der Waals surface area contributed by atoms with E-state index in [1.807, 2.05) is 0 Å². The summed E-state index contributed by atoms with van der Waals surface area (Å²) in [7, 11) is -3.82. The molecule has 1 amide bonds. The molecule has 1 aromatic carbocycles. The zero-order valence-electron chi connectivity index (χ0n) is 10.6. The van der Waals surface area contributed by atoms with E-state index in [1.165, 1.54) is 12.1 Å². The highest BCUT2D eigenvalue weighted by molar-refractivity contribution is 7.89. The average molecular weight is 313 g/mol. The van der Waals surface area contributed by atoms with Crippen LogP contribution in [0.5, 0.6) is 0 Å². The number of nitrogens with two attached hydrogens (primary N) is 1. The molecule has 0 unspecified atom stereocenters. The van der Waals surface area contributed by atoms with Crippen LogP contribution in [0.1, 0.15) is 18.4 Å². The Morgan fingerprint density at radius 2 is 2.00 bits per heavy atom. The monoisotopic (exact) mass is 313 g/mol. The topological polar surface area (TPSA) is 101 Å². The van der Waals surface area contributed by atoms with E-state index in [9.17, 15) is 13.2 Å². The minimum absolute atomic E-state index is 0.00610. The van der Waals surface area contributed by atoms with Gasteiger partial charge in [-0.1, -0.05) is 30.4 Å². The maximum Gasteiger partial charge on any atom is 0.241 e. The molecule has 0 bridgehead atoms. The van der Waals surface area contributed by atoms with Gasteiger partial charge < -0.3 is 11.1 Å². The van der Waals surface area contributed by atoms with Crippen LogP contribution in [0.3, 0.4) is 0 Å². The van der Waals surface area contributed by atoms with Crippen LogP contribution in [0, 0.1) is 0 Å². The lowest BCUT2D eigenvalue weighted by atomic mass is 10.2. The molecule has 20 heavy (non-hydrogen) atoms. The van der Waals surface area contributed by atoms with Crippen LogP contribution in [0.15, 0.2) is 29.2 Å². The lowest BCUT2D eigenvalue weighted by Gasteiger charge is -2.10. The normalized spacial score (nSPS) is 14.8. The number of benzene rings is 1. The minimum Gasteiger partial charge on any atom is -0.389 e. The van der Waals surface area contributed by atoms with E-state index in [1.54, 1.807) is 12.1 Å². The molecule has 1 aliphatic carbocycles. The Bertz CT molecular complexity index is 639. The van der Waals surface area contributed by atoms with E-state index < -0.39 is 10.0 Å². The molecule has 0 aliphatic heterocycles. The van der Waals surface area contributed by atoms with Gasteiger partial charge in [-0.2, -0.15) is 0 Å². The molecule has 0 radical (unpaired) electrons. The molecule has 8 heteroatoms. The lowest BCUT2D eigenvalue weighted by molar-refractivity contribution is -0.120. The van der Waals surface area contributed by atoms with Crippen molar-refractivity contribution in [2.45, 2.75) is 23.8 Å². The van der Waals surface area contributed by atoms with Crippen LogP contribution in [-0.4, -0.2) is 31.9 Å². The molecule has 1 fully saturated rings. The highest BCUT2D eigenvalue weighted by Gasteiger charge is 2.25. The highest BCUT2D eigenvalue weighted by Crippen LogP contribution is 2.18. The summed E-state index contributed by atoms with van der Waals surface area (Å²) in [4.78, 5) is 11.5. The van der Waals surface area contributed by atoms with Gasteiger partial charge in [0.15, 0.2) is 0 Å². The van der Waals surface area contributed by atoms with Crippen molar-refractivity contribution in [3.8, 4) is 0 Å². The maximum absolute atomic E-state index is 12.2. The fraction of sp³-hybridized carbons (Fsp3) is 0.333. The summed E-state index contributed by atoms with van der Waals surface area (Å²) in [6.07, 6.45) is 1.89. The van der Waals surface area contributed by atoms with Crippen LogP contribution in [-0.2, 0) is 14.8 Å². The molecule has 0 saturated heterocycles. The number of carbonyl (C=O) groups excluding carboxylic acids is 1. The molecule has 0 heterocycles. The van der Waals surface area contributed by atoms with Gasteiger partial charge in [0.05, 0.1) is 11.4 Å². The number of sulfonamides is 1. The summed E-state index contributed by atoms with van der Waals surface area (Å²) < 4.78 is 26.6. The third-order valence-electron chi connectivity index (χ3n) is 2.81. The van der Waals surface area contributed by atoms with Gasteiger partial charge in [-0.05, 0) is 18.9 Å². The van der Waals surface area contributed by atoms with E-state index >= 15 is 0 Å². The first kappa shape index (κ1) is 14.9. The van der Waals surface area contributed by atoms with Gasteiger partial charge in [-0.25, -0.2) is 13.1 Å². The lowest BCUT2D eigenvalue weighted by Crippen LogP contribution is -2.38. The minimum atomic E-state index is -3.82. The van der Waals surface area contributed by atoms with E-state index in [0.29, 0.717) is 0 Å². The number of amides is 1. The highest BCUT2D eigenvalue weighted by atomic mass is 32.2. The second-order valence-electron chi connectivity index (χ2n) is 4.53. The molecule has 1 aromatic rings. The van der Waals surface area contributed by atoms with Gasteiger partial charge in [0.2, 0.25) is 15.9 Å². The molecule has 6 nitrogen and oxygen atoms in total. The Hall–Kier alpha value is -1.51. The predicted molar refractivity (Wildman–Crippen MR) is 78.7 cm³/mol. The fourth-order valence-corrected chi connectivity index (χ4v) is 3.09. The van der Waals surface area contributed by atoms with Gasteiger partial charge in [0, 0.05) is 11.6 Å². The number of carbonyl (C=O) groups is 1. The molecule has 0 atom stereocenters. The third-order valence-corrected chi connectivity index (χ3v) is 4.49. The summed E-state index contributed by atoms with van der Waals surface area (Å²) in [5.41, 5.74) is 5.76. The van der Waals surface area contributed by atoms with Crippen molar-refractivity contribution in [1.29, 1.82) is 0 Å². The average Bonchev–Trinajstić information content (AvgIpc) is 3.20. The second-order valence-corrected chi connectivity index (χ2v) is 6.70. The van der Waals surface area contributed by atoms with Crippen LogP contribution in [0.2, 0.25) is 0 Å². The Morgan fingerprint density at radius 3 is 2.60 bits per heavy atom. The van der Waals surface area contributed by atoms with Crippen molar-refractivity contribution in [2.24, 2.45) is 5.73 Å². The van der Waals surface area contributed by atoms with Crippen molar-refractivity contribution in [3.63, 3.8) is 0 Å². The number of hydrogen-bond donors (Lipinski definition) is 3. The fourth-order valence-electron chi connectivity index (χ4n) is 1.65. The van der Waals surface area contributed by atoms with E-state index in [-0.39, 0.29) is 33.9 Å². The zero-order chi connectivity index (χ0) is 14.8. The summed E-state index contributed by atoms with van der Waals surface area (Å²) in [6.45, 7) is -0.301. The molecule has 4 N–H and O–H groups in total. The number of thiocarbonyl (C=S) groups is 1. The molecule has 108 valence electrons. The maximum atomic E-state index is 12.2. The van der Waals surface area contributed by atoms with Crippen LogP contribution < -0.4 is 15.8 Å². The van der Waals surface area contributed by atoms with Crippen LogP contribution in [0.4, 0.5) is 0 Å². The van der Waals surface area contributed by atoms with Crippen molar-refractivity contribution >= 4 is 33.1 Å². The van der Waals surface area contributed by atoms with Gasteiger partial charge in [0.1, 0.15) is 4.99 Å². The van der Waals surface area contributed by atoms with Crippen molar-refractivity contribution in [3.05, 3.63) is 29.8 Å². The number of rotatable bonds is 6. The summed E-state index contributed by atoms with van der Waals surface area (Å²) >= 11 is 4.83. The van der Waals surface area contributed by atoms with Crippen molar-refractivity contribution in [2.75, 3.05) is 6.54 Å². The van der Waals surface area contributed by atoms with Crippen molar-refractivity contribution < 1.29 is 13.2 Å². The van der Waals surface area contributed by atoms with Gasteiger partial charge in [-0.15, -0.1) is 0 Å². The molecule has 1 saturated carbocycles. The third kappa shape index (κ3) is 3.75. The molecule has 1 aliphatic rings. The van der Waals surface area contributed by atoms with E-state index in [2.05, 4.69) is 10.0 Å². The zero-order valence-corrected chi connectivity index (χ0v) is 12.3. The summed E-state index contributed by atoms with van der Waals surface area (Å²) in [5, 5.41) is 2.70. The number of hydrogen-bond acceptors (Lipinski definition) is 4. The Labute approximate surface area is 122 Å². The molecule has 0 aromatic heterocycles. The first-order valence-electron chi connectivity index (χ1n) is 6.08. The van der Waals surface area contributed by atoms with Crippen LogP contribution >= 0.6 is 12.2 Å². The summed E-state index contributed by atoms with van der Waals surface area (Å²) in [5.74, 6) is -0.344. The molecular weight excluding hydrogens is 298 g/mol. The van der Waals surface area contributed by atoms with Crippen LogP contribution in [0.25, 0.3) is 0 Å².